The lowest BCUT2D eigenvalue weighted by atomic mass is 9.98. The summed E-state index contributed by atoms with van der Waals surface area (Å²) in [5.74, 6) is 0.942. The topological polar surface area (TPSA) is 15.3 Å². The molecule has 2 atom stereocenters. The molecule has 20 heavy (non-hydrogen) atoms. The Hall–Kier alpha value is -0.700. The molecule has 1 N–H and O–H groups in total. The summed E-state index contributed by atoms with van der Waals surface area (Å²) < 4.78 is 1.14. The van der Waals surface area contributed by atoms with Gasteiger partial charge in [0.15, 0.2) is 0 Å². The first-order valence-corrected chi connectivity index (χ1v) is 8.63. The second-order valence-corrected chi connectivity index (χ2v) is 7.10. The van der Waals surface area contributed by atoms with Crippen LogP contribution in [0.3, 0.4) is 0 Å². The summed E-state index contributed by atoms with van der Waals surface area (Å²) in [5.41, 5.74) is 2.52. The highest BCUT2D eigenvalue weighted by Gasteiger charge is 2.18. The number of hydrogen-bond donors (Lipinski definition) is 1. The average molecular weight is 339 g/mol. The van der Waals surface area contributed by atoms with Gasteiger partial charge in [0.05, 0.1) is 11.4 Å². The van der Waals surface area contributed by atoms with Crippen LogP contribution in [0.1, 0.15) is 45.4 Å². The van der Waals surface area contributed by atoms with Crippen molar-refractivity contribution in [3.05, 3.63) is 22.7 Å². The molecule has 0 bridgehead atoms. The third-order valence-corrected chi connectivity index (χ3v) is 4.96. The van der Waals surface area contributed by atoms with Gasteiger partial charge in [-0.25, -0.2) is 0 Å². The van der Waals surface area contributed by atoms with Crippen molar-refractivity contribution in [2.24, 2.45) is 5.92 Å². The highest BCUT2D eigenvalue weighted by atomic mass is 79.9. The van der Waals surface area contributed by atoms with Crippen LogP contribution >= 0.6 is 15.9 Å². The second kappa shape index (κ2) is 7.35. The minimum atomic E-state index is 0.625. The first-order valence-electron chi connectivity index (χ1n) is 7.83. The lowest BCUT2D eigenvalue weighted by Crippen LogP contribution is -2.21. The summed E-state index contributed by atoms with van der Waals surface area (Å²) in [6.45, 7) is 2.33. The molecular weight excluding hydrogens is 312 g/mol. The third kappa shape index (κ3) is 4.15. The van der Waals surface area contributed by atoms with Crippen LogP contribution in [0.15, 0.2) is 22.7 Å². The molecule has 0 aliphatic heterocycles. The number of halogens is 1. The summed E-state index contributed by atoms with van der Waals surface area (Å²) >= 11 is 3.59. The van der Waals surface area contributed by atoms with Gasteiger partial charge in [-0.1, -0.05) is 42.1 Å². The van der Waals surface area contributed by atoms with Gasteiger partial charge in [-0.2, -0.15) is 0 Å². The van der Waals surface area contributed by atoms with E-state index in [0.29, 0.717) is 6.04 Å². The Balaban J connectivity index is 2.07. The van der Waals surface area contributed by atoms with Crippen LogP contribution in [0, 0.1) is 5.92 Å². The molecule has 0 heterocycles. The summed E-state index contributed by atoms with van der Waals surface area (Å²) in [6.07, 6.45) is 8.09. The van der Waals surface area contributed by atoms with Gasteiger partial charge in [0.1, 0.15) is 0 Å². The number of rotatable bonds is 4. The van der Waals surface area contributed by atoms with Crippen LogP contribution < -0.4 is 10.2 Å². The summed E-state index contributed by atoms with van der Waals surface area (Å²) in [7, 11) is 4.21. The number of nitrogens with one attached hydrogen (secondary N) is 1. The fourth-order valence-electron chi connectivity index (χ4n) is 3.16. The molecule has 3 heteroatoms. The third-order valence-electron chi connectivity index (χ3n) is 4.47. The normalized spacial score (nSPS) is 23.2. The van der Waals surface area contributed by atoms with Gasteiger partial charge in [0.25, 0.3) is 0 Å². The molecule has 1 saturated carbocycles. The molecule has 1 aliphatic rings. The molecule has 0 radical (unpaired) electrons. The quantitative estimate of drug-likeness (QED) is 0.750. The highest BCUT2D eigenvalue weighted by Crippen LogP contribution is 2.32. The van der Waals surface area contributed by atoms with Crippen molar-refractivity contribution < 1.29 is 0 Å². The molecule has 1 aromatic rings. The SMILES string of the molecule is CCC1CCCC(Nc2cc(Br)ccc2N(C)C)CC1. The molecule has 2 rings (SSSR count). The molecule has 0 aromatic heterocycles. The van der Waals surface area contributed by atoms with Gasteiger partial charge in [0, 0.05) is 24.6 Å². The van der Waals surface area contributed by atoms with Crippen molar-refractivity contribution >= 4 is 27.3 Å². The van der Waals surface area contributed by atoms with Gasteiger partial charge >= 0.3 is 0 Å². The molecule has 2 nitrogen and oxygen atoms in total. The van der Waals surface area contributed by atoms with Crippen LogP contribution in [0.25, 0.3) is 0 Å². The van der Waals surface area contributed by atoms with E-state index in [1.165, 1.54) is 49.9 Å². The zero-order chi connectivity index (χ0) is 14.5. The van der Waals surface area contributed by atoms with E-state index in [1.807, 2.05) is 0 Å². The van der Waals surface area contributed by atoms with Crippen LogP contribution in [-0.4, -0.2) is 20.1 Å². The van der Waals surface area contributed by atoms with Crippen LogP contribution in [0.5, 0.6) is 0 Å². The monoisotopic (exact) mass is 338 g/mol. The van der Waals surface area contributed by atoms with E-state index in [-0.39, 0.29) is 0 Å². The van der Waals surface area contributed by atoms with Crippen molar-refractivity contribution in [3.8, 4) is 0 Å². The van der Waals surface area contributed by atoms with Gasteiger partial charge in [-0.15, -0.1) is 0 Å². The highest BCUT2D eigenvalue weighted by molar-refractivity contribution is 9.10. The van der Waals surface area contributed by atoms with Gasteiger partial charge in [0.2, 0.25) is 0 Å². The maximum absolute atomic E-state index is 3.78. The van der Waals surface area contributed by atoms with Crippen LogP contribution in [0.2, 0.25) is 0 Å². The fraction of sp³-hybridized carbons (Fsp3) is 0.647. The Morgan fingerprint density at radius 3 is 2.70 bits per heavy atom. The van der Waals surface area contributed by atoms with Crippen molar-refractivity contribution in [3.63, 3.8) is 0 Å². The summed E-state index contributed by atoms with van der Waals surface area (Å²) in [4.78, 5) is 2.18. The van der Waals surface area contributed by atoms with E-state index in [9.17, 15) is 0 Å². The average Bonchev–Trinajstić information content (AvgIpc) is 2.63. The maximum Gasteiger partial charge on any atom is 0.0597 e. The van der Waals surface area contributed by atoms with E-state index < -0.39 is 0 Å². The van der Waals surface area contributed by atoms with E-state index in [1.54, 1.807) is 0 Å². The Morgan fingerprint density at radius 1 is 1.20 bits per heavy atom. The fourth-order valence-corrected chi connectivity index (χ4v) is 3.53. The zero-order valence-electron chi connectivity index (χ0n) is 13.0. The minimum Gasteiger partial charge on any atom is -0.381 e. The van der Waals surface area contributed by atoms with E-state index in [2.05, 4.69) is 65.4 Å². The first kappa shape index (κ1) is 15.7. The standard InChI is InChI=1S/C17H27BrN2/c1-4-13-6-5-7-15(10-8-13)19-16-12-14(18)9-11-17(16)20(2)3/h9,11-13,15,19H,4-8,10H2,1-3H3. The Morgan fingerprint density at radius 2 is 2.00 bits per heavy atom. The lowest BCUT2D eigenvalue weighted by molar-refractivity contribution is 0.444. The van der Waals surface area contributed by atoms with E-state index >= 15 is 0 Å². The van der Waals surface area contributed by atoms with Gasteiger partial charge in [-0.3, -0.25) is 0 Å². The Labute approximate surface area is 132 Å². The zero-order valence-corrected chi connectivity index (χ0v) is 14.5. The first-order chi connectivity index (χ1) is 9.60. The maximum atomic E-state index is 3.78. The number of nitrogens with zero attached hydrogens (tertiary/aromatic N) is 1. The van der Waals surface area contributed by atoms with Crippen LogP contribution in [-0.2, 0) is 0 Å². The smallest absolute Gasteiger partial charge is 0.0597 e. The second-order valence-electron chi connectivity index (χ2n) is 6.18. The molecule has 1 aromatic carbocycles. The predicted octanol–water partition coefficient (Wildman–Crippen LogP) is 5.29. The Bertz CT molecular complexity index is 431. The van der Waals surface area contributed by atoms with Gasteiger partial charge < -0.3 is 10.2 Å². The van der Waals surface area contributed by atoms with Gasteiger partial charge in [-0.05, 0) is 43.4 Å². The minimum absolute atomic E-state index is 0.625. The number of anilines is 2. The number of benzene rings is 1. The van der Waals surface area contributed by atoms with Crippen molar-refractivity contribution in [2.45, 2.75) is 51.5 Å². The lowest BCUT2D eigenvalue weighted by Gasteiger charge is -2.23. The molecular formula is C17H27BrN2. The molecule has 0 spiro atoms. The predicted molar refractivity (Wildman–Crippen MR) is 92.7 cm³/mol. The molecule has 1 aliphatic carbocycles. The van der Waals surface area contributed by atoms with E-state index in [0.717, 1.165) is 10.4 Å². The molecule has 1 fully saturated rings. The largest absolute Gasteiger partial charge is 0.381 e. The summed E-state index contributed by atoms with van der Waals surface area (Å²) in [5, 5.41) is 3.78. The molecule has 2 unspecified atom stereocenters. The van der Waals surface area contributed by atoms with Crippen molar-refractivity contribution in [2.75, 3.05) is 24.3 Å². The molecule has 112 valence electrons. The van der Waals surface area contributed by atoms with Crippen LogP contribution in [0.4, 0.5) is 11.4 Å². The van der Waals surface area contributed by atoms with Crippen molar-refractivity contribution in [1.29, 1.82) is 0 Å². The van der Waals surface area contributed by atoms with E-state index in [4.69, 9.17) is 0 Å². The summed E-state index contributed by atoms with van der Waals surface area (Å²) in [6, 6.07) is 7.12. The number of hydrogen-bond acceptors (Lipinski definition) is 2. The molecule has 0 saturated heterocycles. The van der Waals surface area contributed by atoms with Crippen molar-refractivity contribution in [1.82, 2.24) is 0 Å². The molecule has 0 amide bonds. The Kier molecular flexibility index (Phi) is 5.76.